The summed E-state index contributed by atoms with van der Waals surface area (Å²) in [7, 11) is 0. The molecule has 0 saturated heterocycles. The molecular formula is C22H13BrCl2N2O. The average molecular weight is 472 g/mol. The van der Waals surface area contributed by atoms with Crippen molar-refractivity contribution < 1.29 is 4.79 Å². The minimum absolute atomic E-state index is 0.219. The molecule has 3 aromatic rings. The Labute approximate surface area is 181 Å². The maximum Gasteiger partial charge on any atom is 0.282 e. The van der Waals surface area contributed by atoms with Crippen LogP contribution in [0.4, 0.5) is 5.69 Å². The molecular weight excluding hydrogens is 459 g/mol. The predicted octanol–water partition coefficient (Wildman–Crippen LogP) is 6.59. The summed E-state index contributed by atoms with van der Waals surface area (Å²) in [5, 5.41) is 1.16. The largest absolute Gasteiger partial charge is 0.282 e. The zero-order valence-electron chi connectivity index (χ0n) is 14.4. The molecule has 1 aliphatic rings. The van der Waals surface area contributed by atoms with Crippen molar-refractivity contribution >= 4 is 62.6 Å². The number of aliphatic imine (C=N–C) groups is 1. The third-order valence-corrected chi connectivity index (χ3v) is 5.29. The first kappa shape index (κ1) is 18.9. The molecule has 0 spiro atoms. The number of rotatable bonds is 3. The van der Waals surface area contributed by atoms with Crippen LogP contribution in [0.15, 0.2) is 88.0 Å². The van der Waals surface area contributed by atoms with Gasteiger partial charge in [0, 0.05) is 15.1 Å². The molecule has 0 saturated carbocycles. The zero-order valence-corrected chi connectivity index (χ0v) is 17.5. The van der Waals surface area contributed by atoms with Crippen LogP contribution in [0.3, 0.4) is 0 Å². The fourth-order valence-corrected chi connectivity index (χ4v) is 3.64. The third-order valence-electron chi connectivity index (χ3n) is 4.21. The van der Waals surface area contributed by atoms with E-state index in [0.717, 1.165) is 10.0 Å². The number of carbonyl (C=O) groups is 1. The molecule has 3 nitrogen and oxygen atoms in total. The highest BCUT2D eigenvalue weighted by molar-refractivity contribution is 9.10. The van der Waals surface area contributed by atoms with Crippen LogP contribution < -0.4 is 4.90 Å². The summed E-state index contributed by atoms with van der Waals surface area (Å²) in [5.41, 5.74) is 2.57. The average Bonchev–Trinajstić information content (AvgIpc) is 3.00. The SMILES string of the molecule is O=C1/C(=C\c2ccc(Cl)cc2)N=C(c2ccccc2Cl)N1c1cccc(Br)c1. The van der Waals surface area contributed by atoms with Gasteiger partial charge in [0.25, 0.3) is 5.91 Å². The fraction of sp³-hybridized carbons (Fsp3) is 0. The van der Waals surface area contributed by atoms with Crippen LogP contribution in [0.5, 0.6) is 0 Å². The van der Waals surface area contributed by atoms with E-state index in [2.05, 4.69) is 20.9 Å². The summed E-state index contributed by atoms with van der Waals surface area (Å²) in [5.74, 6) is 0.275. The number of hydrogen-bond donors (Lipinski definition) is 0. The molecule has 0 aromatic heterocycles. The van der Waals surface area contributed by atoms with E-state index in [0.29, 0.717) is 32.8 Å². The van der Waals surface area contributed by atoms with Crippen molar-refractivity contribution in [3.63, 3.8) is 0 Å². The maximum atomic E-state index is 13.2. The normalized spacial score (nSPS) is 15.2. The predicted molar refractivity (Wildman–Crippen MR) is 119 cm³/mol. The van der Waals surface area contributed by atoms with E-state index in [1.165, 1.54) is 0 Å². The van der Waals surface area contributed by atoms with Gasteiger partial charge in [0.2, 0.25) is 0 Å². The number of benzene rings is 3. The van der Waals surface area contributed by atoms with Gasteiger partial charge in [0.15, 0.2) is 0 Å². The van der Waals surface area contributed by atoms with Crippen LogP contribution in [0, 0.1) is 0 Å². The lowest BCUT2D eigenvalue weighted by atomic mass is 10.1. The van der Waals surface area contributed by atoms with Crippen molar-refractivity contribution in [1.29, 1.82) is 0 Å². The molecule has 1 aliphatic heterocycles. The van der Waals surface area contributed by atoms with E-state index in [-0.39, 0.29) is 5.91 Å². The Morgan fingerprint density at radius 3 is 2.39 bits per heavy atom. The number of halogens is 3. The first-order chi connectivity index (χ1) is 13.5. The Hall–Kier alpha value is -2.40. The molecule has 0 fully saturated rings. The van der Waals surface area contributed by atoms with E-state index < -0.39 is 0 Å². The van der Waals surface area contributed by atoms with E-state index in [9.17, 15) is 4.79 Å². The molecule has 0 unspecified atom stereocenters. The second-order valence-corrected chi connectivity index (χ2v) is 7.88. The highest BCUT2D eigenvalue weighted by Gasteiger charge is 2.33. The standard InChI is InChI=1S/C22H13BrCl2N2O/c23-15-4-3-5-17(13-15)27-21(18-6-1-2-7-19(18)25)26-20(22(27)28)12-14-8-10-16(24)11-9-14/h1-13H/b20-12+. The van der Waals surface area contributed by atoms with Gasteiger partial charge in [-0.05, 0) is 54.1 Å². The van der Waals surface area contributed by atoms with Gasteiger partial charge in [-0.15, -0.1) is 0 Å². The summed E-state index contributed by atoms with van der Waals surface area (Å²) in [4.78, 5) is 19.4. The Bertz CT molecular complexity index is 1120. The van der Waals surface area contributed by atoms with Crippen molar-refractivity contribution in [3.8, 4) is 0 Å². The lowest BCUT2D eigenvalue weighted by molar-refractivity contribution is -0.113. The van der Waals surface area contributed by atoms with Crippen molar-refractivity contribution in [2.75, 3.05) is 4.90 Å². The quantitative estimate of drug-likeness (QED) is 0.396. The van der Waals surface area contributed by atoms with Crippen LogP contribution in [-0.2, 0) is 4.79 Å². The highest BCUT2D eigenvalue weighted by Crippen LogP contribution is 2.31. The minimum Gasteiger partial charge on any atom is -0.266 e. The number of anilines is 1. The van der Waals surface area contributed by atoms with Gasteiger partial charge in [-0.25, -0.2) is 4.99 Å². The molecule has 0 bridgehead atoms. The smallest absolute Gasteiger partial charge is 0.266 e. The Kier molecular flexibility index (Phi) is 5.36. The molecule has 3 aromatic carbocycles. The molecule has 4 rings (SSSR count). The molecule has 138 valence electrons. The van der Waals surface area contributed by atoms with Gasteiger partial charge in [-0.1, -0.05) is 69.5 Å². The number of amides is 1. The van der Waals surface area contributed by atoms with Gasteiger partial charge in [0.05, 0.1) is 10.7 Å². The molecule has 6 heteroatoms. The van der Waals surface area contributed by atoms with Crippen LogP contribution >= 0.6 is 39.1 Å². The first-order valence-corrected chi connectivity index (χ1v) is 9.99. The van der Waals surface area contributed by atoms with Crippen LogP contribution in [-0.4, -0.2) is 11.7 Å². The van der Waals surface area contributed by atoms with E-state index in [1.807, 2.05) is 54.6 Å². The van der Waals surface area contributed by atoms with Crippen molar-refractivity contribution in [2.24, 2.45) is 4.99 Å². The molecule has 0 radical (unpaired) electrons. The van der Waals surface area contributed by atoms with E-state index in [4.69, 9.17) is 23.2 Å². The molecule has 0 aliphatic carbocycles. The topological polar surface area (TPSA) is 32.7 Å². The second-order valence-electron chi connectivity index (χ2n) is 6.12. The van der Waals surface area contributed by atoms with Gasteiger partial charge in [-0.2, -0.15) is 0 Å². The van der Waals surface area contributed by atoms with Gasteiger partial charge in [0.1, 0.15) is 11.5 Å². The van der Waals surface area contributed by atoms with Crippen molar-refractivity contribution in [1.82, 2.24) is 0 Å². The van der Waals surface area contributed by atoms with Gasteiger partial charge in [-0.3, -0.25) is 9.69 Å². The molecule has 0 atom stereocenters. The summed E-state index contributed by atoms with van der Waals surface area (Å²) in [6, 6.07) is 22.1. The number of nitrogens with zero attached hydrogens (tertiary/aromatic N) is 2. The first-order valence-electron chi connectivity index (χ1n) is 8.44. The maximum absolute atomic E-state index is 13.2. The van der Waals surface area contributed by atoms with Gasteiger partial charge < -0.3 is 0 Å². The molecule has 28 heavy (non-hydrogen) atoms. The number of amidine groups is 1. The summed E-state index contributed by atoms with van der Waals surface area (Å²) >= 11 is 15.8. The summed E-state index contributed by atoms with van der Waals surface area (Å²) in [6.45, 7) is 0. The minimum atomic E-state index is -0.219. The Morgan fingerprint density at radius 1 is 0.929 bits per heavy atom. The van der Waals surface area contributed by atoms with Crippen LogP contribution in [0.1, 0.15) is 11.1 Å². The van der Waals surface area contributed by atoms with E-state index >= 15 is 0 Å². The monoisotopic (exact) mass is 470 g/mol. The number of carbonyl (C=O) groups excluding carboxylic acids is 1. The van der Waals surface area contributed by atoms with Crippen molar-refractivity contribution in [2.45, 2.75) is 0 Å². The molecule has 0 N–H and O–H groups in total. The Balaban J connectivity index is 1.85. The van der Waals surface area contributed by atoms with Crippen molar-refractivity contribution in [3.05, 3.63) is 104 Å². The molecule has 1 amide bonds. The van der Waals surface area contributed by atoms with Crippen LogP contribution in [0.25, 0.3) is 6.08 Å². The number of hydrogen-bond acceptors (Lipinski definition) is 2. The fourth-order valence-electron chi connectivity index (χ4n) is 2.91. The molecule has 1 heterocycles. The van der Waals surface area contributed by atoms with Gasteiger partial charge >= 0.3 is 0 Å². The second kappa shape index (κ2) is 7.92. The third kappa shape index (κ3) is 3.76. The lowest BCUT2D eigenvalue weighted by Gasteiger charge is -2.19. The summed E-state index contributed by atoms with van der Waals surface area (Å²) in [6.07, 6.45) is 1.74. The highest BCUT2D eigenvalue weighted by atomic mass is 79.9. The summed E-state index contributed by atoms with van der Waals surface area (Å²) < 4.78 is 0.867. The lowest BCUT2D eigenvalue weighted by Crippen LogP contribution is -2.32. The van der Waals surface area contributed by atoms with E-state index in [1.54, 1.807) is 29.2 Å². The Morgan fingerprint density at radius 2 is 1.68 bits per heavy atom. The van der Waals surface area contributed by atoms with Crippen LogP contribution in [0.2, 0.25) is 10.0 Å². The zero-order chi connectivity index (χ0) is 19.7.